The molecule has 0 N–H and O–H groups in total. The summed E-state index contributed by atoms with van der Waals surface area (Å²) in [5.74, 6) is 1.31. The molecule has 0 unspecified atom stereocenters. The first kappa shape index (κ1) is 20.6. The van der Waals surface area contributed by atoms with Crippen molar-refractivity contribution in [2.45, 2.75) is 26.7 Å². The monoisotopic (exact) mass is 432 g/mol. The molecule has 8 nitrogen and oxygen atoms in total. The maximum absolute atomic E-state index is 13.1. The maximum atomic E-state index is 13.1. The van der Waals surface area contributed by atoms with Crippen molar-refractivity contribution in [1.82, 2.24) is 29.5 Å². The van der Waals surface area contributed by atoms with E-state index in [1.54, 1.807) is 18.0 Å². The van der Waals surface area contributed by atoms with E-state index in [9.17, 15) is 4.79 Å². The number of carbonyl (C=O) groups is 1. The van der Waals surface area contributed by atoms with Crippen molar-refractivity contribution in [3.05, 3.63) is 53.0 Å². The second kappa shape index (κ2) is 8.35. The molecule has 1 saturated heterocycles. The Bertz CT molecular complexity index is 1160. The van der Waals surface area contributed by atoms with Crippen LogP contribution in [0.2, 0.25) is 0 Å². The Kier molecular flexibility index (Phi) is 5.38. The molecule has 0 bridgehead atoms. The molecule has 0 spiro atoms. The predicted molar refractivity (Wildman–Crippen MR) is 121 cm³/mol. The number of piperazine rings is 1. The molecular weight excluding hydrogens is 404 g/mol. The normalized spacial score (nSPS) is 15.9. The van der Waals surface area contributed by atoms with Crippen LogP contribution < -0.4 is 4.74 Å². The first-order valence-electron chi connectivity index (χ1n) is 11.2. The van der Waals surface area contributed by atoms with Crippen molar-refractivity contribution >= 4 is 5.91 Å². The average molecular weight is 433 g/mol. The van der Waals surface area contributed by atoms with Crippen molar-refractivity contribution in [2.24, 2.45) is 0 Å². The first-order chi connectivity index (χ1) is 15.6. The van der Waals surface area contributed by atoms with Crippen LogP contribution in [0.25, 0.3) is 17.2 Å². The van der Waals surface area contributed by atoms with Crippen LogP contribution in [0, 0.1) is 6.92 Å². The number of aromatic nitrogens is 4. The van der Waals surface area contributed by atoms with Gasteiger partial charge in [0.1, 0.15) is 5.75 Å². The summed E-state index contributed by atoms with van der Waals surface area (Å²) in [5, 5.41) is 4.48. The quantitative estimate of drug-likeness (QED) is 0.631. The van der Waals surface area contributed by atoms with Gasteiger partial charge in [-0.3, -0.25) is 4.79 Å². The highest BCUT2D eigenvalue weighted by Gasteiger charge is 2.26. The number of hydrogen-bond donors (Lipinski definition) is 0. The molecule has 3 aromatic rings. The molecule has 8 heteroatoms. The van der Waals surface area contributed by atoms with Crippen molar-refractivity contribution in [3.8, 4) is 23.0 Å². The Morgan fingerprint density at radius 1 is 1.09 bits per heavy atom. The number of rotatable bonds is 4. The Hall–Kier alpha value is -3.26. The van der Waals surface area contributed by atoms with Crippen molar-refractivity contribution < 1.29 is 9.53 Å². The van der Waals surface area contributed by atoms with Gasteiger partial charge in [-0.2, -0.15) is 5.10 Å². The third-order valence-corrected chi connectivity index (χ3v) is 6.62. The van der Waals surface area contributed by atoms with Crippen LogP contribution in [0.4, 0.5) is 0 Å². The summed E-state index contributed by atoms with van der Waals surface area (Å²) in [5.41, 5.74) is 5.72. The van der Waals surface area contributed by atoms with Crippen LogP contribution in [-0.2, 0) is 12.8 Å². The zero-order valence-electron chi connectivity index (χ0n) is 18.8. The molecule has 1 aliphatic heterocycles. The van der Waals surface area contributed by atoms with Gasteiger partial charge in [-0.15, -0.1) is 0 Å². The number of fused-ring (bicyclic) bond motifs is 3. The summed E-state index contributed by atoms with van der Waals surface area (Å²) in [6.45, 7) is 8.37. The van der Waals surface area contributed by atoms with E-state index in [0.29, 0.717) is 11.5 Å². The summed E-state index contributed by atoms with van der Waals surface area (Å²) >= 11 is 0. The number of hydrogen-bond acceptors (Lipinski definition) is 6. The molecule has 2 aromatic heterocycles. The Morgan fingerprint density at radius 2 is 1.88 bits per heavy atom. The molecule has 3 heterocycles. The highest BCUT2D eigenvalue weighted by molar-refractivity contribution is 5.95. The van der Waals surface area contributed by atoms with E-state index < -0.39 is 0 Å². The second-order valence-corrected chi connectivity index (χ2v) is 8.35. The van der Waals surface area contributed by atoms with Gasteiger partial charge in [-0.1, -0.05) is 13.0 Å². The molecule has 0 saturated carbocycles. The summed E-state index contributed by atoms with van der Waals surface area (Å²) in [4.78, 5) is 26.8. The van der Waals surface area contributed by atoms with Crippen molar-refractivity contribution in [2.75, 3.05) is 39.8 Å². The van der Waals surface area contributed by atoms with Gasteiger partial charge in [0.05, 0.1) is 30.3 Å². The highest BCUT2D eigenvalue weighted by atomic mass is 16.5. The maximum Gasteiger partial charge on any atom is 0.257 e. The summed E-state index contributed by atoms with van der Waals surface area (Å²) in [7, 11) is 1.67. The third-order valence-electron chi connectivity index (χ3n) is 6.62. The van der Waals surface area contributed by atoms with E-state index in [-0.39, 0.29) is 5.91 Å². The molecule has 1 fully saturated rings. The minimum Gasteiger partial charge on any atom is -0.497 e. The molecule has 2 aliphatic rings. The number of carbonyl (C=O) groups excluding carboxylic acids is 1. The molecule has 1 aromatic carbocycles. The number of amides is 1. The van der Waals surface area contributed by atoms with E-state index in [0.717, 1.165) is 73.8 Å². The SMILES string of the molecule is CCN1CCN(C(=O)c2cnn(-c3ncc4c(n3)-c3cc(OC)ccc3CC4)c2C)CC1. The molecule has 0 atom stereocenters. The number of methoxy groups -OCH3 is 1. The Labute approximate surface area is 187 Å². The zero-order valence-corrected chi connectivity index (χ0v) is 18.8. The van der Waals surface area contributed by atoms with Gasteiger partial charge < -0.3 is 14.5 Å². The van der Waals surface area contributed by atoms with Crippen LogP contribution in [0.5, 0.6) is 5.75 Å². The molecule has 1 amide bonds. The molecule has 0 radical (unpaired) electrons. The van der Waals surface area contributed by atoms with Gasteiger partial charge >= 0.3 is 0 Å². The second-order valence-electron chi connectivity index (χ2n) is 8.35. The van der Waals surface area contributed by atoms with Crippen LogP contribution in [0.3, 0.4) is 0 Å². The lowest BCUT2D eigenvalue weighted by Crippen LogP contribution is -2.48. The first-order valence-corrected chi connectivity index (χ1v) is 11.2. The fourth-order valence-electron chi connectivity index (χ4n) is 4.56. The van der Waals surface area contributed by atoms with Crippen LogP contribution in [-0.4, -0.2) is 75.3 Å². The van der Waals surface area contributed by atoms with Crippen LogP contribution in [0.15, 0.2) is 30.6 Å². The number of benzene rings is 1. The van der Waals surface area contributed by atoms with E-state index in [2.05, 4.69) is 28.0 Å². The van der Waals surface area contributed by atoms with E-state index >= 15 is 0 Å². The predicted octanol–water partition coefficient (Wildman–Crippen LogP) is 2.52. The summed E-state index contributed by atoms with van der Waals surface area (Å²) < 4.78 is 7.10. The standard InChI is InChI=1S/C24H28N6O2/c1-4-28-9-11-29(12-10-28)23(31)21-15-26-30(16(21)2)24-25-14-18-6-5-17-7-8-19(32-3)13-20(17)22(18)27-24/h7-8,13-15H,4-6,9-12H2,1-3H3. The average Bonchev–Trinajstić information content (AvgIpc) is 3.24. The molecule has 166 valence electrons. The van der Waals surface area contributed by atoms with Gasteiger partial charge in [0, 0.05) is 37.9 Å². The number of likely N-dealkylation sites (N-methyl/N-ethyl adjacent to an activating group) is 1. The smallest absolute Gasteiger partial charge is 0.257 e. The van der Waals surface area contributed by atoms with Crippen molar-refractivity contribution in [3.63, 3.8) is 0 Å². The Morgan fingerprint density at radius 3 is 2.62 bits per heavy atom. The molecule has 1 aliphatic carbocycles. The lowest BCUT2D eigenvalue weighted by molar-refractivity contribution is 0.0642. The Balaban J connectivity index is 1.46. The molecular formula is C24H28N6O2. The van der Waals surface area contributed by atoms with Gasteiger partial charge in [0.25, 0.3) is 11.9 Å². The largest absolute Gasteiger partial charge is 0.497 e. The van der Waals surface area contributed by atoms with Crippen molar-refractivity contribution in [1.29, 1.82) is 0 Å². The number of ether oxygens (including phenoxy) is 1. The lowest BCUT2D eigenvalue weighted by atomic mass is 9.90. The van der Waals surface area contributed by atoms with Gasteiger partial charge in [0.2, 0.25) is 0 Å². The van der Waals surface area contributed by atoms with Crippen LogP contribution in [0.1, 0.15) is 34.1 Å². The summed E-state index contributed by atoms with van der Waals surface area (Å²) in [6.07, 6.45) is 5.39. The van der Waals surface area contributed by atoms with Gasteiger partial charge in [0.15, 0.2) is 0 Å². The lowest BCUT2D eigenvalue weighted by Gasteiger charge is -2.34. The minimum absolute atomic E-state index is 0.0255. The van der Waals surface area contributed by atoms with Gasteiger partial charge in [-0.25, -0.2) is 14.6 Å². The van der Waals surface area contributed by atoms with E-state index in [4.69, 9.17) is 9.72 Å². The highest BCUT2D eigenvalue weighted by Crippen LogP contribution is 2.34. The minimum atomic E-state index is 0.0255. The topological polar surface area (TPSA) is 76.4 Å². The molecule has 5 rings (SSSR count). The number of nitrogens with zero attached hydrogens (tertiary/aromatic N) is 6. The van der Waals surface area contributed by atoms with Gasteiger partial charge in [-0.05, 0) is 49.6 Å². The third kappa shape index (κ3) is 3.54. The van der Waals surface area contributed by atoms with E-state index in [1.165, 1.54) is 5.56 Å². The number of aryl methyl sites for hydroxylation is 2. The molecule has 32 heavy (non-hydrogen) atoms. The summed E-state index contributed by atoms with van der Waals surface area (Å²) in [6, 6.07) is 6.12. The fourth-order valence-corrected chi connectivity index (χ4v) is 4.56. The zero-order chi connectivity index (χ0) is 22.2. The fraction of sp³-hybridized carbons (Fsp3) is 0.417. The van der Waals surface area contributed by atoms with E-state index in [1.807, 2.05) is 30.2 Å². The van der Waals surface area contributed by atoms with Crippen LogP contribution >= 0.6 is 0 Å².